The van der Waals surface area contributed by atoms with E-state index in [1.54, 1.807) is 0 Å². The maximum atomic E-state index is 13.1. The highest BCUT2D eigenvalue weighted by atomic mass is 35.5. The van der Waals surface area contributed by atoms with Crippen LogP contribution >= 0.6 is 23.2 Å². The Balaban J connectivity index is 2.17. The molecule has 0 aliphatic heterocycles. The smallest absolute Gasteiger partial charge is 0.337 e. The molecule has 0 unspecified atom stereocenters. The minimum atomic E-state index is -1.36. The number of anilines is 2. The number of benzene rings is 2. The average Bonchev–Trinajstić information content (AvgIpc) is 2.43. The number of halogens is 3. The molecule has 2 rings (SSSR count). The Morgan fingerprint density at radius 1 is 1.00 bits per heavy atom. The molecule has 0 saturated heterocycles. The summed E-state index contributed by atoms with van der Waals surface area (Å²) < 4.78 is 13.1. The molecule has 0 radical (unpaired) electrons. The van der Waals surface area contributed by atoms with Crippen LogP contribution in [0, 0.1) is 5.82 Å². The van der Waals surface area contributed by atoms with Gasteiger partial charge < -0.3 is 15.7 Å². The minimum Gasteiger partial charge on any atom is -0.478 e. The van der Waals surface area contributed by atoms with E-state index in [2.05, 4.69) is 10.6 Å². The second-order valence-corrected chi connectivity index (χ2v) is 5.04. The van der Waals surface area contributed by atoms with Gasteiger partial charge in [-0.05, 0) is 36.4 Å². The fourth-order valence-corrected chi connectivity index (χ4v) is 2.12. The van der Waals surface area contributed by atoms with Crippen LogP contribution in [-0.2, 0) is 0 Å². The number of carboxylic acid groups (broad SMARTS) is 1. The molecule has 22 heavy (non-hydrogen) atoms. The zero-order valence-corrected chi connectivity index (χ0v) is 12.4. The van der Waals surface area contributed by atoms with Crippen molar-refractivity contribution in [1.82, 2.24) is 0 Å². The van der Waals surface area contributed by atoms with E-state index in [0.717, 1.165) is 18.2 Å². The van der Waals surface area contributed by atoms with Gasteiger partial charge in [-0.2, -0.15) is 0 Å². The fraction of sp³-hybridized carbons (Fsp3) is 0. The number of hydrogen-bond acceptors (Lipinski definition) is 2. The topological polar surface area (TPSA) is 78.4 Å². The van der Waals surface area contributed by atoms with E-state index in [4.69, 9.17) is 28.3 Å². The molecule has 2 amide bonds. The number of carbonyl (C=O) groups is 2. The van der Waals surface area contributed by atoms with Gasteiger partial charge in [0.2, 0.25) is 0 Å². The van der Waals surface area contributed by atoms with Crippen LogP contribution in [0.4, 0.5) is 20.6 Å². The largest absolute Gasteiger partial charge is 0.478 e. The maximum absolute atomic E-state index is 13.1. The lowest BCUT2D eigenvalue weighted by atomic mass is 10.1. The Kier molecular flexibility index (Phi) is 4.85. The number of nitrogens with one attached hydrogen (secondary N) is 2. The summed E-state index contributed by atoms with van der Waals surface area (Å²) in [5.74, 6) is -2.08. The van der Waals surface area contributed by atoms with E-state index in [0.29, 0.717) is 10.7 Å². The van der Waals surface area contributed by atoms with Crippen molar-refractivity contribution in [3.05, 3.63) is 57.8 Å². The number of urea groups is 1. The molecule has 2 aromatic rings. The number of rotatable bonds is 3. The van der Waals surface area contributed by atoms with Crippen molar-refractivity contribution in [2.24, 2.45) is 0 Å². The molecule has 0 heterocycles. The van der Waals surface area contributed by atoms with Gasteiger partial charge in [0.15, 0.2) is 0 Å². The lowest BCUT2D eigenvalue weighted by Gasteiger charge is -2.11. The lowest BCUT2D eigenvalue weighted by molar-refractivity contribution is 0.0697. The molecule has 0 atom stereocenters. The SMILES string of the molecule is O=C(Nc1ccc(Cl)cc1Cl)Nc1ccc(F)cc1C(=O)O. The molecular formula is C14H9Cl2FN2O3. The first-order valence-corrected chi connectivity index (χ1v) is 6.68. The molecule has 3 N–H and O–H groups in total. The predicted octanol–water partition coefficient (Wildman–Crippen LogP) is 4.47. The van der Waals surface area contributed by atoms with Gasteiger partial charge in [-0.25, -0.2) is 14.0 Å². The Bertz CT molecular complexity index is 753. The highest BCUT2D eigenvalue weighted by Gasteiger charge is 2.14. The van der Waals surface area contributed by atoms with E-state index in [1.165, 1.54) is 18.2 Å². The summed E-state index contributed by atoms with van der Waals surface area (Å²) in [6.07, 6.45) is 0. The van der Waals surface area contributed by atoms with Crippen molar-refractivity contribution in [1.29, 1.82) is 0 Å². The second-order valence-electron chi connectivity index (χ2n) is 4.20. The highest BCUT2D eigenvalue weighted by Crippen LogP contribution is 2.25. The van der Waals surface area contributed by atoms with Crippen molar-refractivity contribution in [2.75, 3.05) is 10.6 Å². The summed E-state index contributed by atoms with van der Waals surface area (Å²) in [7, 11) is 0. The summed E-state index contributed by atoms with van der Waals surface area (Å²) in [6.45, 7) is 0. The Hall–Kier alpha value is -2.31. The highest BCUT2D eigenvalue weighted by molar-refractivity contribution is 6.36. The molecule has 2 aromatic carbocycles. The van der Waals surface area contributed by atoms with Crippen molar-refractivity contribution in [3.8, 4) is 0 Å². The van der Waals surface area contributed by atoms with Crippen LogP contribution in [-0.4, -0.2) is 17.1 Å². The molecular weight excluding hydrogens is 334 g/mol. The fourth-order valence-electron chi connectivity index (χ4n) is 1.67. The molecule has 0 aliphatic carbocycles. The number of amides is 2. The average molecular weight is 343 g/mol. The molecule has 114 valence electrons. The molecule has 0 bridgehead atoms. The zero-order valence-electron chi connectivity index (χ0n) is 10.9. The molecule has 5 nitrogen and oxygen atoms in total. The van der Waals surface area contributed by atoms with Crippen molar-refractivity contribution in [3.63, 3.8) is 0 Å². The van der Waals surface area contributed by atoms with Gasteiger partial charge in [0.05, 0.1) is 22.0 Å². The molecule has 0 saturated carbocycles. The van der Waals surface area contributed by atoms with Gasteiger partial charge >= 0.3 is 12.0 Å². The van der Waals surface area contributed by atoms with E-state index in [1.807, 2.05) is 0 Å². The van der Waals surface area contributed by atoms with Gasteiger partial charge in [-0.15, -0.1) is 0 Å². The summed E-state index contributed by atoms with van der Waals surface area (Å²) in [4.78, 5) is 22.9. The van der Waals surface area contributed by atoms with Crippen LogP contribution in [0.25, 0.3) is 0 Å². The van der Waals surface area contributed by atoms with Crippen molar-refractivity contribution >= 4 is 46.6 Å². The predicted molar refractivity (Wildman–Crippen MR) is 82.5 cm³/mol. The first-order valence-electron chi connectivity index (χ1n) is 5.92. The number of carbonyl (C=O) groups excluding carboxylic acids is 1. The van der Waals surface area contributed by atoms with Crippen LogP contribution in [0.1, 0.15) is 10.4 Å². The number of carboxylic acids is 1. The third kappa shape index (κ3) is 3.87. The zero-order chi connectivity index (χ0) is 16.3. The van der Waals surface area contributed by atoms with E-state index in [-0.39, 0.29) is 16.3 Å². The molecule has 0 spiro atoms. The van der Waals surface area contributed by atoms with E-state index < -0.39 is 17.8 Å². The van der Waals surface area contributed by atoms with Crippen molar-refractivity contribution < 1.29 is 19.1 Å². The monoisotopic (exact) mass is 342 g/mol. The summed E-state index contributed by atoms with van der Waals surface area (Å²) in [6, 6.07) is 6.75. The van der Waals surface area contributed by atoms with Gasteiger partial charge in [0, 0.05) is 5.02 Å². The van der Waals surface area contributed by atoms with Crippen molar-refractivity contribution in [2.45, 2.75) is 0 Å². The number of hydrogen-bond donors (Lipinski definition) is 3. The molecule has 0 fully saturated rings. The van der Waals surface area contributed by atoms with Crippen LogP contribution < -0.4 is 10.6 Å². The second kappa shape index (κ2) is 6.64. The minimum absolute atomic E-state index is 0.0449. The van der Waals surface area contributed by atoms with Crippen LogP contribution in [0.3, 0.4) is 0 Å². The third-order valence-corrected chi connectivity index (χ3v) is 3.19. The Morgan fingerprint density at radius 3 is 2.27 bits per heavy atom. The Labute approximate surface area is 134 Å². The summed E-state index contributed by atoms with van der Waals surface area (Å²) in [5, 5.41) is 14.4. The summed E-state index contributed by atoms with van der Waals surface area (Å²) >= 11 is 11.6. The van der Waals surface area contributed by atoms with E-state index in [9.17, 15) is 14.0 Å². The van der Waals surface area contributed by atoms with Gasteiger partial charge in [-0.1, -0.05) is 23.2 Å². The maximum Gasteiger partial charge on any atom is 0.337 e. The normalized spacial score (nSPS) is 10.1. The first kappa shape index (κ1) is 16.1. The summed E-state index contributed by atoms with van der Waals surface area (Å²) in [5.41, 5.74) is -0.114. The third-order valence-electron chi connectivity index (χ3n) is 2.64. The first-order chi connectivity index (χ1) is 10.4. The van der Waals surface area contributed by atoms with Crippen LogP contribution in [0.5, 0.6) is 0 Å². The van der Waals surface area contributed by atoms with Gasteiger partial charge in [-0.3, -0.25) is 0 Å². The quantitative estimate of drug-likeness (QED) is 0.769. The molecule has 0 aromatic heterocycles. The Morgan fingerprint density at radius 2 is 1.64 bits per heavy atom. The standard InChI is InChI=1S/C14H9Cl2FN2O3/c15-7-1-3-12(10(16)5-7)19-14(22)18-11-4-2-8(17)6-9(11)13(20)21/h1-6H,(H,20,21)(H2,18,19,22). The van der Waals surface area contributed by atoms with Gasteiger partial charge in [0.25, 0.3) is 0 Å². The molecule has 8 heteroatoms. The van der Waals surface area contributed by atoms with Crippen LogP contribution in [0.2, 0.25) is 10.0 Å². The van der Waals surface area contributed by atoms with Gasteiger partial charge in [0.1, 0.15) is 5.82 Å². The van der Waals surface area contributed by atoms with E-state index >= 15 is 0 Å². The lowest BCUT2D eigenvalue weighted by Crippen LogP contribution is -2.21. The molecule has 0 aliphatic rings. The van der Waals surface area contributed by atoms with Crippen LogP contribution in [0.15, 0.2) is 36.4 Å². The number of aromatic carboxylic acids is 1.